The number of rotatable bonds is 5. The van der Waals surface area contributed by atoms with Gasteiger partial charge in [-0.15, -0.1) is 0 Å². The van der Waals surface area contributed by atoms with Crippen LogP contribution in [0, 0.1) is 0 Å². The first-order chi connectivity index (χ1) is 8.67. The number of halogens is 3. The smallest absolute Gasteiger partial charge is 0.387 e. The van der Waals surface area contributed by atoms with Crippen molar-refractivity contribution < 1.29 is 18.3 Å². The summed E-state index contributed by atoms with van der Waals surface area (Å²) in [7, 11) is 0. The Bertz CT molecular complexity index is 462. The Labute approximate surface area is 114 Å². The van der Waals surface area contributed by atoms with Crippen molar-refractivity contribution >= 4 is 23.2 Å². The lowest BCUT2D eigenvalue weighted by atomic mass is 10.0. The van der Waals surface area contributed by atoms with Crippen molar-refractivity contribution in [1.29, 1.82) is 0 Å². The molecule has 19 heavy (non-hydrogen) atoms. The topological polar surface area (TPSA) is 64.4 Å². The highest BCUT2D eigenvalue weighted by Crippen LogP contribution is 2.29. The second-order valence-corrected chi connectivity index (χ2v) is 5.14. The molecule has 1 aromatic rings. The summed E-state index contributed by atoms with van der Waals surface area (Å²) in [5.74, 6) is -0.431. The van der Waals surface area contributed by atoms with Gasteiger partial charge in [0.25, 0.3) is 0 Å². The van der Waals surface area contributed by atoms with Crippen LogP contribution in [0.15, 0.2) is 18.2 Å². The van der Waals surface area contributed by atoms with Gasteiger partial charge in [0.05, 0.1) is 5.02 Å². The summed E-state index contributed by atoms with van der Waals surface area (Å²) < 4.78 is 28.3. The zero-order valence-electron chi connectivity index (χ0n) is 10.5. The van der Waals surface area contributed by atoms with Crippen LogP contribution in [0.1, 0.15) is 20.3 Å². The average molecular weight is 293 g/mol. The van der Waals surface area contributed by atoms with Gasteiger partial charge in [-0.05, 0) is 32.0 Å². The first kappa shape index (κ1) is 15.7. The second kappa shape index (κ2) is 6.16. The Morgan fingerprint density at radius 2 is 2.16 bits per heavy atom. The second-order valence-electron chi connectivity index (χ2n) is 4.74. The van der Waals surface area contributed by atoms with Crippen LogP contribution in [0.5, 0.6) is 5.75 Å². The molecule has 0 aliphatic rings. The average Bonchev–Trinajstić information content (AvgIpc) is 2.18. The predicted molar refractivity (Wildman–Crippen MR) is 69.6 cm³/mol. The quantitative estimate of drug-likeness (QED) is 0.877. The van der Waals surface area contributed by atoms with E-state index in [4.69, 9.17) is 17.3 Å². The van der Waals surface area contributed by atoms with Crippen molar-refractivity contribution in [2.45, 2.75) is 32.4 Å². The minimum Gasteiger partial charge on any atom is -0.433 e. The summed E-state index contributed by atoms with van der Waals surface area (Å²) in [5.41, 5.74) is 5.47. The summed E-state index contributed by atoms with van der Waals surface area (Å²) in [4.78, 5) is 11.6. The number of hydrogen-bond donors (Lipinski definition) is 2. The van der Waals surface area contributed by atoms with Crippen molar-refractivity contribution in [3.8, 4) is 5.75 Å². The molecule has 3 N–H and O–H groups in total. The molecule has 106 valence electrons. The minimum absolute atomic E-state index is 0.00916. The fourth-order valence-electron chi connectivity index (χ4n) is 1.39. The molecule has 4 nitrogen and oxygen atoms in total. The van der Waals surface area contributed by atoms with E-state index >= 15 is 0 Å². The Morgan fingerprint density at radius 1 is 1.53 bits per heavy atom. The minimum atomic E-state index is -2.95. The molecular formula is C12H15ClF2N2O2. The number of benzene rings is 1. The third-order valence-corrected chi connectivity index (χ3v) is 2.34. The standard InChI is InChI=1S/C12H15ClF2N2O2/c1-12(2,16)6-10(18)17-7-3-4-9(8(13)5-7)19-11(14)15/h3-5,11H,6,16H2,1-2H3,(H,17,18). The molecule has 1 aromatic carbocycles. The van der Waals surface area contributed by atoms with Crippen LogP contribution in [-0.2, 0) is 4.79 Å². The molecule has 0 atom stereocenters. The van der Waals surface area contributed by atoms with E-state index < -0.39 is 12.2 Å². The van der Waals surface area contributed by atoms with Crippen molar-refractivity contribution in [3.63, 3.8) is 0 Å². The fraction of sp³-hybridized carbons (Fsp3) is 0.417. The number of alkyl halides is 2. The number of nitrogens with two attached hydrogens (primary N) is 1. The maximum absolute atomic E-state index is 12.0. The molecule has 1 amide bonds. The summed E-state index contributed by atoms with van der Waals surface area (Å²) in [5, 5.41) is 2.56. The maximum atomic E-state index is 12.0. The van der Waals surface area contributed by atoms with E-state index in [1.54, 1.807) is 13.8 Å². The number of amides is 1. The van der Waals surface area contributed by atoms with Crippen molar-refractivity contribution in [2.75, 3.05) is 5.32 Å². The molecule has 0 aliphatic heterocycles. The van der Waals surface area contributed by atoms with Crippen LogP contribution in [0.4, 0.5) is 14.5 Å². The van der Waals surface area contributed by atoms with E-state index in [1.165, 1.54) is 18.2 Å². The zero-order chi connectivity index (χ0) is 14.6. The molecule has 0 spiro atoms. The van der Waals surface area contributed by atoms with Crippen LogP contribution in [0.25, 0.3) is 0 Å². The molecule has 0 unspecified atom stereocenters. The Kier molecular flexibility index (Phi) is 5.08. The molecule has 0 heterocycles. The van der Waals surface area contributed by atoms with Gasteiger partial charge in [-0.3, -0.25) is 4.79 Å². The molecule has 7 heteroatoms. The Hall–Kier alpha value is -1.40. The fourth-order valence-corrected chi connectivity index (χ4v) is 1.61. The molecule has 0 saturated heterocycles. The lowest BCUT2D eigenvalue weighted by molar-refractivity contribution is -0.117. The van der Waals surface area contributed by atoms with Gasteiger partial charge in [0.2, 0.25) is 5.91 Å². The number of nitrogens with one attached hydrogen (secondary N) is 1. The summed E-state index contributed by atoms with van der Waals surface area (Å²) in [6, 6.07) is 4.02. The summed E-state index contributed by atoms with van der Waals surface area (Å²) in [6.07, 6.45) is 0.125. The van der Waals surface area contributed by atoms with E-state index in [0.29, 0.717) is 5.69 Å². The molecule has 0 saturated carbocycles. The molecule has 1 rings (SSSR count). The van der Waals surface area contributed by atoms with Crippen LogP contribution < -0.4 is 15.8 Å². The van der Waals surface area contributed by atoms with Gasteiger partial charge in [-0.25, -0.2) is 0 Å². The third-order valence-electron chi connectivity index (χ3n) is 2.05. The monoisotopic (exact) mass is 292 g/mol. The highest BCUT2D eigenvalue weighted by atomic mass is 35.5. The van der Waals surface area contributed by atoms with Gasteiger partial charge in [0, 0.05) is 17.6 Å². The van der Waals surface area contributed by atoms with Crippen molar-refractivity contribution in [2.24, 2.45) is 5.73 Å². The van der Waals surface area contributed by atoms with Crippen LogP contribution in [-0.4, -0.2) is 18.1 Å². The van der Waals surface area contributed by atoms with E-state index in [9.17, 15) is 13.6 Å². The number of ether oxygens (including phenoxy) is 1. The van der Waals surface area contributed by atoms with E-state index in [0.717, 1.165) is 0 Å². The normalized spacial score (nSPS) is 11.5. The van der Waals surface area contributed by atoms with Gasteiger partial charge >= 0.3 is 6.61 Å². The van der Waals surface area contributed by atoms with Crippen LogP contribution in [0.3, 0.4) is 0 Å². The predicted octanol–water partition coefficient (Wildman–Crippen LogP) is 3.01. The van der Waals surface area contributed by atoms with Gasteiger partial charge < -0.3 is 15.8 Å². The number of carbonyl (C=O) groups excluding carboxylic acids is 1. The summed E-state index contributed by atoms with van der Waals surface area (Å²) >= 11 is 5.76. The first-order valence-corrected chi connectivity index (χ1v) is 5.88. The van der Waals surface area contributed by atoms with Crippen LogP contribution in [0.2, 0.25) is 5.02 Å². The highest BCUT2D eigenvalue weighted by Gasteiger charge is 2.17. The SMILES string of the molecule is CC(C)(N)CC(=O)Nc1ccc(OC(F)F)c(Cl)c1. The maximum Gasteiger partial charge on any atom is 0.387 e. The molecule has 0 bridgehead atoms. The van der Waals surface area contributed by atoms with Crippen LogP contribution >= 0.6 is 11.6 Å². The first-order valence-electron chi connectivity index (χ1n) is 5.50. The zero-order valence-corrected chi connectivity index (χ0v) is 11.3. The molecule has 0 radical (unpaired) electrons. The summed E-state index contributed by atoms with van der Waals surface area (Å²) in [6.45, 7) is 0.495. The lowest BCUT2D eigenvalue weighted by Crippen LogP contribution is -2.36. The molecule has 0 fully saturated rings. The lowest BCUT2D eigenvalue weighted by Gasteiger charge is -2.17. The van der Waals surface area contributed by atoms with E-state index in [-0.39, 0.29) is 23.1 Å². The molecule has 0 aliphatic carbocycles. The number of anilines is 1. The molecular weight excluding hydrogens is 278 g/mol. The van der Waals surface area contributed by atoms with Gasteiger partial charge in [0.15, 0.2) is 0 Å². The van der Waals surface area contributed by atoms with Gasteiger partial charge in [-0.1, -0.05) is 11.6 Å². The van der Waals surface area contributed by atoms with Gasteiger partial charge in [-0.2, -0.15) is 8.78 Å². The highest BCUT2D eigenvalue weighted by molar-refractivity contribution is 6.32. The largest absolute Gasteiger partial charge is 0.433 e. The van der Waals surface area contributed by atoms with E-state index in [1.807, 2.05) is 0 Å². The van der Waals surface area contributed by atoms with Gasteiger partial charge in [0.1, 0.15) is 5.75 Å². The third kappa shape index (κ3) is 5.85. The molecule has 0 aromatic heterocycles. The Balaban J connectivity index is 2.71. The van der Waals surface area contributed by atoms with Crippen molar-refractivity contribution in [1.82, 2.24) is 0 Å². The number of carbonyl (C=O) groups is 1. The Morgan fingerprint density at radius 3 is 2.63 bits per heavy atom. The van der Waals surface area contributed by atoms with Crippen molar-refractivity contribution in [3.05, 3.63) is 23.2 Å². The number of hydrogen-bond acceptors (Lipinski definition) is 3. The van der Waals surface area contributed by atoms with E-state index in [2.05, 4.69) is 10.1 Å².